The van der Waals surface area contributed by atoms with Gasteiger partial charge in [-0.1, -0.05) is 53.6 Å². The zero-order chi connectivity index (χ0) is 17.9. The number of hydrogen-bond donors (Lipinski definition) is 0. The van der Waals surface area contributed by atoms with Gasteiger partial charge in [-0.15, -0.1) is 0 Å². The SMILES string of the molecule is CC(C)=CCC/C(C)=C/CC1(C2CC2)N=C(c2ccccc2)C(=O)O1. The second-order valence-electron chi connectivity index (χ2n) is 7.41. The van der Waals surface area contributed by atoms with Crippen molar-refractivity contribution in [3.05, 3.63) is 59.2 Å². The topological polar surface area (TPSA) is 38.7 Å². The summed E-state index contributed by atoms with van der Waals surface area (Å²) in [6.07, 6.45) is 9.42. The van der Waals surface area contributed by atoms with E-state index in [1.165, 1.54) is 11.1 Å². The number of nitrogens with zero attached hydrogens (tertiary/aromatic N) is 1. The molecule has 132 valence electrons. The Kier molecular flexibility index (Phi) is 5.22. The van der Waals surface area contributed by atoms with Crippen molar-refractivity contribution < 1.29 is 9.53 Å². The van der Waals surface area contributed by atoms with Gasteiger partial charge in [0.05, 0.1) is 0 Å². The molecule has 1 fully saturated rings. The van der Waals surface area contributed by atoms with E-state index in [4.69, 9.17) is 9.73 Å². The van der Waals surface area contributed by atoms with Crippen LogP contribution in [0.1, 0.15) is 58.4 Å². The van der Waals surface area contributed by atoms with E-state index in [0.29, 0.717) is 18.1 Å². The van der Waals surface area contributed by atoms with Crippen LogP contribution in [0.25, 0.3) is 0 Å². The van der Waals surface area contributed by atoms with E-state index in [9.17, 15) is 4.79 Å². The summed E-state index contributed by atoms with van der Waals surface area (Å²) in [6.45, 7) is 6.40. The first-order valence-electron chi connectivity index (χ1n) is 9.18. The number of benzene rings is 1. The Morgan fingerprint density at radius 3 is 2.56 bits per heavy atom. The molecule has 1 heterocycles. The smallest absolute Gasteiger partial charge is 0.359 e. The van der Waals surface area contributed by atoms with Crippen molar-refractivity contribution in [3.63, 3.8) is 0 Å². The second kappa shape index (κ2) is 7.38. The first kappa shape index (κ1) is 17.7. The maximum absolute atomic E-state index is 12.4. The van der Waals surface area contributed by atoms with Crippen LogP contribution in [0.3, 0.4) is 0 Å². The zero-order valence-corrected chi connectivity index (χ0v) is 15.4. The average molecular weight is 337 g/mol. The van der Waals surface area contributed by atoms with Gasteiger partial charge in [-0.3, -0.25) is 0 Å². The number of aliphatic imine (C=N–C) groups is 1. The minimum atomic E-state index is -0.681. The monoisotopic (exact) mass is 337 g/mol. The van der Waals surface area contributed by atoms with Crippen LogP contribution >= 0.6 is 0 Å². The number of ether oxygens (including phenoxy) is 1. The highest BCUT2D eigenvalue weighted by molar-refractivity contribution is 6.44. The standard InChI is InChI=1S/C22H27NO2/c1-16(2)8-7-9-17(3)14-15-22(19-12-13-19)23-20(21(24)25-22)18-10-5-4-6-11-18/h4-6,8,10-11,14,19H,7,9,12-13,15H2,1-3H3/b17-14+. The molecule has 1 unspecified atom stereocenters. The number of rotatable bonds is 7. The molecule has 0 radical (unpaired) electrons. The average Bonchev–Trinajstić information content (AvgIpc) is 3.38. The summed E-state index contributed by atoms with van der Waals surface area (Å²) in [5, 5.41) is 0. The van der Waals surface area contributed by atoms with Crippen LogP contribution in [0.4, 0.5) is 0 Å². The summed E-state index contributed by atoms with van der Waals surface area (Å²) in [4.78, 5) is 17.2. The van der Waals surface area contributed by atoms with Gasteiger partial charge < -0.3 is 4.74 Å². The number of allylic oxidation sites excluding steroid dienone is 3. The Balaban J connectivity index is 1.76. The van der Waals surface area contributed by atoms with Gasteiger partial charge in [0.25, 0.3) is 0 Å². The molecule has 1 atom stereocenters. The largest absolute Gasteiger partial charge is 0.432 e. The fraction of sp³-hybridized carbons (Fsp3) is 0.455. The molecule has 0 N–H and O–H groups in total. The van der Waals surface area contributed by atoms with Crippen LogP contribution in [0.5, 0.6) is 0 Å². The maximum Gasteiger partial charge on any atom is 0.359 e. The molecule has 1 aromatic carbocycles. The molecule has 1 saturated carbocycles. The summed E-state index contributed by atoms with van der Waals surface area (Å²) in [7, 11) is 0. The Morgan fingerprint density at radius 2 is 1.92 bits per heavy atom. The summed E-state index contributed by atoms with van der Waals surface area (Å²) in [5.74, 6) is 0.0770. The van der Waals surface area contributed by atoms with Crippen molar-refractivity contribution >= 4 is 11.7 Å². The molecular weight excluding hydrogens is 310 g/mol. The highest BCUT2D eigenvalue weighted by Crippen LogP contribution is 2.47. The van der Waals surface area contributed by atoms with Gasteiger partial charge in [0.15, 0.2) is 5.71 Å². The lowest BCUT2D eigenvalue weighted by Gasteiger charge is -2.23. The highest BCUT2D eigenvalue weighted by Gasteiger charge is 2.52. The van der Waals surface area contributed by atoms with E-state index in [0.717, 1.165) is 31.2 Å². The highest BCUT2D eigenvalue weighted by atomic mass is 16.6. The zero-order valence-electron chi connectivity index (χ0n) is 15.4. The molecule has 1 aliphatic carbocycles. The number of esters is 1. The molecule has 2 aliphatic rings. The van der Waals surface area contributed by atoms with E-state index in [1.54, 1.807) is 0 Å². The predicted molar refractivity (Wildman–Crippen MR) is 102 cm³/mol. The molecule has 3 rings (SSSR count). The lowest BCUT2D eigenvalue weighted by Crippen LogP contribution is -2.30. The van der Waals surface area contributed by atoms with Crippen LogP contribution in [0.15, 0.2) is 58.6 Å². The molecule has 3 nitrogen and oxygen atoms in total. The van der Waals surface area contributed by atoms with Gasteiger partial charge in [0.1, 0.15) is 0 Å². The number of hydrogen-bond acceptors (Lipinski definition) is 3. The van der Waals surface area contributed by atoms with Crippen molar-refractivity contribution in [1.82, 2.24) is 0 Å². The minimum Gasteiger partial charge on any atom is -0.432 e. The molecule has 0 spiro atoms. The van der Waals surface area contributed by atoms with E-state index in [1.807, 2.05) is 30.3 Å². The van der Waals surface area contributed by atoms with E-state index in [2.05, 4.69) is 32.9 Å². The molecule has 0 saturated heterocycles. The third-order valence-electron chi connectivity index (χ3n) is 4.86. The van der Waals surface area contributed by atoms with Gasteiger partial charge in [0.2, 0.25) is 5.72 Å². The van der Waals surface area contributed by atoms with Crippen LogP contribution < -0.4 is 0 Å². The van der Waals surface area contributed by atoms with E-state index < -0.39 is 5.72 Å². The molecule has 0 amide bonds. The second-order valence-corrected chi connectivity index (χ2v) is 7.41. The molecule has 1 aliphatic heterocycles. The summed E-state index contributed by atoms with van der Waals surface area (Å²) >= 11 is 0. The molecule has 25 heavy (non-hydrogen) atoms. The first-order chi connectivity index (χ1) is 12.0. The predicted octanol–water partition coefficient (Wildman–Crippen LogP) is 5.22. The lowest BCUT2D eigenvalue weighted by atomic mass is 10.0. The Morgan fingerprint density at radius 1 is 1.20 bits per heavy atom. The molecule has 0 bridgehead atoms. The fourth-order valence-corrected chi connectivity index (χ4v) is 3.22. The third-order valence-corrected chi connectivity index (χ3v) is 4.86. The van der Waals surface area contributed by atoms with Crippen molar-refractivity contribution in [3.8, 4) is 0 Å². The quantitative estimate of drug-likeness (QED) is 0.505. The number of carbonyl (C=O) groups excluding carboxylic acids is 1. The Bertz CT molecular complexity index is 722. The van der Waals surface area contributed by atoms with Crippen LogP contribution in [0, 0.1) is 5.92 Å². The molecule has 1 aromatic rings. The third kappa shape index (κ3) is 4.28. The molecule has 0 aromatic heterocycles. The van der Waals surface area contributed by atoms with Crippen LogP contribution in [0.2, 0.25) is 0 Å². The van der Waals surface area contributed by atoms with Crippen molar-refractivity contribution in [1.29, 1.82) is 0 Å². The Hall–Kier alpha value is -2.16. The maximum atomic E-state index is 12.4. The summed E-state index contributed by atoms with van der Waals surface area (Å²) < 4.78 is 5.83. The first-order valence-corrected chi connectivity index (χ1v) is 9.18. The molecule has 3 heteroatoms. The normalized spacial score (nSPS) is 23.2. The van der Waals surface area contributed by atoms with Crippen LogP contribution in [-0.4, -0.2) is 17.4 Å². The van der Waals surface area contributed by atoms with Gasteiger partial charge in [-0.25, -0.2) is 9.79 Å². The van der Waals surface area contributed by atoms with Crippen molar-refractivity contribution in [2.75, 3.05) is 0 Å². The van der Waals surface area contributed by atoms with E-state index >= 15 is 0 Å². The van der Waals surface area contributed by atoms with Gasteiger partial charge in [-0.05, 0) is 46.5 Å². The lowest BCUT2D eigenvalue weighted by molar-refractivity contribution is -0.147. The van der Waals surface area contributed by atoms with Gasteiger partial charge >= 0.3 is 5.97 Å². The number of cyclic esters (lactones) is 1. The van der Waals surface area contributed by atoms with E-state index in [-0.39, 0.29) is 5.97 Å². The summed E-state index contributed by atoms with van der Waals surface area (Å²) in [6, 6.07) is 9.63. The molecular formula is C22H27NO2. The van der Waals surface area contributed by atoms with Gasteiger partial charge in [0, 0.05) is 17.9 Å². The van der Waals surface area contributed by atoms with Gasteiger partial charge in [-0.2, -0.15) is 0 Å². The van der Waals surface area contributed by atoms with Crippen molar-refractivity contribution in [2.24, 2.45) is 10.9 Å². The minimum absolute atomic E-state index is 0.284. The number of carbonyl (C=O) groups is 1. The fourth-order valence-electron chi connectivity index (χ4n) is 3.22. The summed E-state index contributed by atoms with van der Waals surface area (Å²) in [5.41, 5.74) is 3.32. The Labute approximate surface area is 150 Å². The van der Waals surface area contributed by atoms with Crippen LogP contribution in [-0.2, 0) is 9.53 Å². The van der Waals surface area contributed by atoms with Crippen molar-refractivity contribution in [2.45, 2.75) is 58.6 Å².